The van der Waals surface area contributed by atoms with Crippen LogP contribution in [-0.4, -0.2) is 49.6 Å². The van der Waals surface area contributed by atoms with E-state index in [9.17, 15) is 9.59 Å². The van der Waals surface area contributed by atoms with Crippen molar-refractivity contribution in [3.05, 3.63) is 24.3 Å². The topological polar surface area (TPSA) is 67.9 Å². The maximum absolute atomic E-state index is 12.2. The number of piperidine rings is 1. The summed E-state index contributed by atoms with van der Waals surface area (Å²) < 4.78 is 10.5. The number of nitrogens with one attached hydrogen (secondary N) is 1. The molecule has 0 saturated carbocycles. The van der Waals surface area contributed by atoms with Crippen molar-refractivity contribution in [1.29, 1.82) is 0 Å². The Kier molecular flexibility index (Phi) is 7.06. The second-order valence-corrected chi connectivity index (χ2v) is 5.83. The zero-order valence-electron chi connectivity index (χ0n) is 14.4. The molecule has 1 fully saturated rings. The summed E-state index contributed by atoms with van der Waals surface area (Å²) >= 11 is 0. The molecule has 1 saturated heterocycles. The fraction of sp³-hybridized carbons (Fsp3) is 0.556. The first kappa shape index (κ1) is 18.3. The highest BCUT2D eigenvalue weighted by Crippen LogP contribution is 2.19. The molecule has 0 aliphatic carbocycles. The van der Waals surface area contributed by atoms with Gasteiger partial charge in [0.15, 0.2) is 0 Å². The molecule has 1 aliphatic heterocycles. The molecular weight excluding hydrogens is 308 g/mol. The van der Waals surface area contributed by atoms with Gasteiger partial charge in [-0.25, -0.2) is 0 Å². The lowest BCUT2D eigenvalue weighted by molar-refractivity contribution is -0.150. The second-order valence-electron chi connectivity index (χ2n) is 5.83. The molecule has 0 spiro atoms. The molecule has 6 nitrogen and oxygen atoms in total. The van der Waals surface area contributed by atoms with Crippen LogP contribution < -0.4 is 10.1 Å². The number of carbonyl (C=O) groups is 2. The molecule has 1 aromatic rings. The van der Waals surface area contributed by atoms with Gasteiger partial charge in [0.2, 0.25) is 5.91 Å². The van der Waals surface area contributed by atoms with E-state index in [0.717, 1.165) is 30.8 Å². The van der Waals surface area contributed by atoms with E-state index in [1.54, 1.807) is 0 Å². The molecular formula is C18H26N2O4. The summed E-state index contributed by atoms with van der Waals surface area (Å²) in [5, 5.41) is 2.88. The fourth-order valence-electron chi connectivity index (χ4n) is 2.86. The standard InChI is InChI=1S/C18H26N2O4/c1-3-23-16-9-7-15(8-10-16)19-17(21)13-20-11-5-6-14(12-20)18(22)24-4-2/h7-10,14H,3-6,11-13H2,1-2H3,(H,19,21)/t14-/m1/s1. The summed E-state index contributed by atoms with van der Waals surface area (Å²) in [5.41, 5.74) is 0.738. The Balaban J connectivity index is 1.82. The second kappa shape index (κ2) is 9.27. The Morgan fingerprint density at radius 2 is 1.96 bits per heavy atom. The van der Waals surface area contributed by atoms with Gasteiger partial charge in [0.25, 0.3) is 0 Å². The zero-order valence-corrected chi connectivity index (χ0v) is 14.4. The van der Waals surface area contributed by atoms with Crippen LogP contribution in [0.4, 0.5) is 5.69 Å². The third-order valence-electron chi connectivity index (χ3n) is 3.94. The van der Waals surface area contributed by atoms with Gasteiger partial charge in [-0.1, -0.05) is 0 Å². The maximum Gasteiger partial charge on any atom is 0.310 e. The summed E-state index contributed by atoms with van der Waals surface area (Å²) in [7, 11) is 0. The summed E-state index contributed by atoms with van der Waals surface area (Å²) in [6.45, 7) is 6.43. The van der Waals surface area contributed by atoms with Gasteiger partial charge in [-0.15, -0.1) is 0 Å². The minimum atomic E-state index is -0.158. The predicted molar refractivity (Wildman–Crippen MR) is 92.0 cm³/mol. The Morgan fingerprint density at radius 1 is 1.21 bits per heavy atom. The van der Waals surface area contributed by atoms with Crippen LogP contribution in [0.3, 0.4) is 0 Å². The van der Waals surface area contributed by atoms with Gasteiger partial charge in [-0.3, -0.25) is 14.5 Å². The van der Waals surface area contributed by atoms with Crippen molar-refractivity contribution in [3.63, 3.8) is 0 Å². The summed E-state index contributed by atoms with van der Waals surface area (Å²) in [6, 6.07) is 7.30. The first-order valence-corrected chi connectivity index (χ1v) is 8.54. The highest BCUT2D eigenvalue weighted by Gasteiger charge is 2.27. The van der Waals surface area contributed by atoms with Crippen LogP contribution in [0, 0.1) is 5.92 Å². The summed E-state index contributed by atoms with van der Waals surface area (Å²) in [4.78, 5) is 26.0. The van der Waals surface area contributed by atoms with Crippen molar-refractivity contribution in [2.45, 2.75) is 26.7 Å². The number of anilines is 1. The monoisotopic (exact) mass is 334 g/mol. The smallest absolute Gasteiger partial charge is 0.310 e. The van der Waals surface area contributed by atoms with Crippen LogP contribution in [0.5, 0.6) is 5.75 Å². The molecule has 24 heavy (non-hydrogen) atoms. The van der Waals surface area contributed by atoms with Crippen molar-refractivity contribution in [3.8, 4) is 5.75 Å². The van der Waals surface area contributed by atoms with Crippen LogP contribution in [-0.2, 0) is 14.3 Å². The molecule has 2 rings (SSSR count). The highest BCUT2D eigenvalue weighted by atomic mass is 16.5. The molecule has 0 radical (unpaired) electrons. The number of benzene rings is 1. The average molecular weight is 334 g/mol. The number of esters is 1. The van der Waals surface area contributed by atoms with Crippen molar-refractivity contribution in [2.75, 3.05) is 38.2 Å². The zero-order chi connectivity index (χ0) is 17.4. The van der Waals surface area contributed by atoms with Crippen LogP contribution in [0.1, 0.15) is 26.7 Å². The van der Waals surface area contributed by atoms with E-state index in [1.807, 2.05) is 43.0 Å². The normalized spacial score (nSPS) is 18.0. The first-order chi connectivity index (χ1) is 11.6. The fourth-order valence-corrected chi connectivity index (χ4v) is 2.86. The molecule has 0 aromatic heterocycles. The van der Waals surface area contributed by atoms with Crippen molar-refractivity contribution in [2.24, 2.45) is 5.92 Å². The Hall–Kier alpha value is -2.08. The number of carbonyl (C=O) groups excluding carboxylic acids is 2. The summed E-state index contributed by atoms with van der Waals surface area (Å²) in [6.07, 6.45) is 1.73. The SMILES string of the molecule is CCOC(=O)[C@@H]1CCCN(CC(=O)Nc2ccc(OCC)cc2)C1. The van der Waals surface area contributed by atoms with Gasteiger partial charge >= 0.3 is 5.97 Å². The van der Waals surface area contributed by atoms with Crippen LogP contribution in [0.15, 0.2) is 24.3 Å². The maximum atomic E-state index is 12.2. The van der Waals surface area contributed by atoms with E-state index in [2.05, 4.69) is 5.32 Å². The molecule has 0 unspecified atom stereocenters. The Labute approximate surface area is 143 Å². The van der Waals surface area contributed by atoms with Gasteiger partial charge in [0, 0.05) is 12.2 Å². The van der Waals surface area contributed by atoms with E-state index in [1.165, 1.54) is 0 Å². The third-order valence-corrected chi connectivity index (χ3v) is 3.94. The van der Waals surface area contributed by atoms with Crippen molar-refractivity contribution < 1.29 is 19.1 Å². The molecule has 1 amide bonds. The number of ether oxygens (including phenoxy) is 2. The minimum Gasteiger partial charge on any atom is -0.494 e. The number of amides is 1. The Bertz CT molecular complexity index is 544. The van der Waals surface area contributed by atoms with E-state index >= 15 is 0 Å². The van der Waals surface area contributed by atoms with Crippen molar-refractivity contribution >= 4 is 17.6 Å². The first-order valence-electron chi connectivity index (χ1n) is 8.54. The third kappa shape index (κ3) is 5.53. The van der Waals surface area contributed by atoms with E-state index < -0.39 is 0 Å². The molecule has 1 aliphatic rings. The van der Waals surface area contributed by atoms with E-state index in [0.29, 0.717) is 19.8 Å². The molecule has 1 heterocycles. The quantitative estimate of drug-likeness (QED) is 0.775. The summed E-state index contributed by atoms with van der Waals surface area (Å²) in [5.74, 6) is 0.415. The molecule has 6 heteroatoms. The van der Waals surface area contributed by atoms with Gasteiger partial charge in [-0.05, 0) is 57.5 Å². The lowest BCUT2D eigenvalue weighted by Gasteiger charge is -2.30. The largest absolute Gasteiger partial charge is 0.494 e. The van der Waals surface area contributed by atoms with Crippen LogP contribution in [0.2, 0.25) is 0 Å². The average Bonchev–Trinajstić information content (AvgIpc) is 2.57. The molecule has 0 bridgehead atoms. The molecule has 1 N–H and O–H groups in total. The van der Waals surface area contributed by atoms with Crippen LogP contribution in [0.25, 0.3) is 0 Å². The number of hydrogen-bond acceptors (Lipinski definition) is 5. The van der Waals surface area contributed by atoms with Crippen LogP contribution >= 0.6 is 0 Å². The van der Waals surface area contributed by atoms with Gasteiger partial charge in [0.05, 0.1) is 25.7 Å². The van der Waals surface area contributed by atoms with Gasteiger partial charge < -0.3 is 14.8 Å². The molecule has 1 aromatic carbocycles. The minimum absolute atomic E-state index is 0.0799. The number of nitrogens with zero attached hydrogens (tertiary/aromatic N) is 1. The van der Waals surface area contributed by atoms with E-state index in [4.69, 9.17) is 9.47 Å². The lowest BCUT2D eigenvalue weighted by atomic mass is 9.98. The molecule has 132 valence electrons. The van der Waals surface area contributed by atoms with Gasteiger partial charge in [0.1, 0.15) is 5.75 Å². The van der Waals surface area contributed by atoms with E-state index in [-0.39, 0.29) is 24.3 Å². The lowest BCUT2D eigenvalue weighted by Crippen LogP contribution is -2.43. The molecule has 1 atom stereocenters. The van der Waals surface area contributed by atoms with Crippen molar-refractivity contribution in [1.82, 2.24) is 4.90 Å². The predicted octanol–water partition coefficient (Wildman–Crippen LogP) is 2.30. The number of hydrogen-bond donors (Lipinski definition) is 1. The number of rotatable bonds is 7. The highest BCUT2D eigenvalue weighted by molar-refractivity contribution is 5.92. The Morgan fingerprint density at radius 3 is 2.62 bits per heavy atom. The van der Waals surface area contributed by atoms with Gasteiger partial charge in [-0.2, -0.15) is 0 Å². The number of likely N-dealkylation sites (tertiary alicyclic amines) is 1.